The predicted octanol–water partition coefficient (Wildman–Crippen LogP) is -0.884. The Morgan fingerprint density at radius 3 is 2.25 bits per heavy atom. The van der Waals surface area contributed by atoms with Gasteiger partial charge in [0, 0.05) is 6.54 Å². The molecule has 0 amide bonds. The van der Waals surface area contributed by atoms with Gasteiger partial charge in [-0.1, -0.05) is 6.92 Å². The lowest BCUT2D eigenvalue weighted by Gasteiger charge is -1.90. The van der Waals surface area contributed by atoms with E-state index in [9.17, 15) is 13.2 Å². The molecule has 0 heterocycles. The highest BCUT2D eigenvalue weighted by atomic mass is 32.2. The Kier molecular flexibility index (Phi) is 2.64. The van der Waals surface area contributed by atoms with Crippen LogP contribution in [0.1, 0.15) is 6.92 Å². The van der Waals surface area contributed by atoms with Gasteiger partial charge in [-0.05, 0) is 0 Å². The summed E-state index contributed by atoms with van der Waals surface area (Å²) in [7, 11) is -3.60. The first-order chi connectivity index (χ1) is 3.62. The monoisotopic (exact) mass is 137 g/mol. The smallest absolute Gasteiger partial charge is 0.271 e. The molecule has 0 aliphatic rings. The van der Waals surface area contributed by atoms with E-state index in [2.05, 4.69) is 0 Å². The van der Waals surface area contributed by atoms with Gasteiger partial charge >= 0.3 is 0 Å². The van der Waals surface area contributed by atoms with E-state index < -0.39 is 10.0 Å². The van der Waals surface area contributed by atoms with E-state index in [1.807, 2.05) is 4.72 Å². The van der Waals surface area contributed by atoms with Gasteiger partial charge in [-0.25, -0.2) is 13.1 Å². The maximum atomic E-state index is 10.1. The maximum absolute atomic E-state index is 10.1. The van der Waals surface area contributed by atoms with Crippen molar-refractivity contribution in [1.82, 2.24) is 4.72 Å². The van der Waals surface area contributed by atoms with E-state index in [1.54, 1.807) is 6.92 Å². The van der Waals surface area contributed by atoms with Gasteiger partial charge in [-0.3, -0.25) is 4.79 Å². The number of nitrogens with one attached hydrogen (secondary N) is 1. The fraction of sp³-hybridized carbons (Fsp3) is 0.667. The third-order valence-corrected chi connectivity index (χ3v) is 1.42. The minimum absolute atomic E-state index is 0.115. The van der Waals surface area contributed by atoms with Crippen LogP contribution in [-0.2, 0) is 14.8 Å². The lowest BCUT2D eigenvalue weighted by atomic mass is 10.8. The van der Waals surface area contributed by atoms with Crippen LogP contribution in [0.3, 0.4) is 0 Å². The Balaban J connectivity index is 3.95. The topological polar surface area (TPSA) is 63.2 Å². The summed E-state index contributed by atoms with van der Waals surface area (Å²) in [6.07, 6.45) is 0. The zero-order valence-electron chi connectivity index (χ0n) is 4.42. The summed E-state index contributed by atoms with van der Waals surface area (Å²) in [5, 5.41) is 0. The molecule has 0 aromatic carbocycles. The summed E-state index contributed by atoms with van der Waals surface area (Å²) in [6.45, 7) is 1.85. The largest absolute Gasteiger partial charge is 0.284 e. The zero-order chi connectivity index (χ0) is 6.62. The Hall–Kier alpha value is -0.420. The van der Waals surface area contributed by atoms with Crippen LogP contribution in [0.15, 0.2) is 0 Å². The molecule has 0 rings (SSSR count). The average Bonchev–Trinajstić information content (AvgIpc) is 1.67. The van der Waals surface area contributed by atoms with Gasteiger partial charge in [0.25, 0.3) is 10.0 Å². The van der Waals surface area contributed by atoms with Gasteiger partial charge in [0.15, 0.2) is 0 Å². The van der Waals surface area contributed by atoms with Crippen LogP contribution in [0.5, 0.6) is 0 Å². The standard InChI is InChI=1S/C3H7NO3S/c1-2-4-8(6,7)3-5/h3-4H,2H2,1H3. The SMILES string of the molecule is CCNS(=O)(=O)C=O. The Morgan fingerprint density at radius 1 is 1.62 bits per heavy atom. The average molecular weight is 137 g/mol. The molecule has 0 radical (unpaired) electrons. The summed E-state index contributed by atoms with van der Waals surface area (Å²) in [5.41, 5.74) is -0.115. The highest BCUT2D eigenvalue weighted by Crippen LogP contribution is 1.70. The first-order valence-corrected chi connectivity index (χ1v) is 3.62. The lowest BCUT2D eigenvalue weighted by Crippen LogP contribution is -2.23. The van der Waals surface area contributed by atoms with Crippen molar-refractivity contribution in [2.45, 2.75) is 6.92 Å². The van der Waals surface area contributed by atoms with Gasteiger partial charge in [0.2, 0.25) is 5.62 Å². The summed E-state index contributed by atoms with van der Waals surface area (Å²) in [5.74, 6) is 0. The second kappa shape index (κ2) is 2.78. The molecule has 0 unspecified atom stereocenters. The van der Waals surface area contributed by atoms with Crippen molar-refractivity contribution in [1.29, 1.82) is 0 Å². The molecule has 0 spiro atoms. The number of rotatable bonds is 3. The Bertz CT molecular complexity index is 159. The fourth-order valence-electron chi connectivity index (χ4n) is 0.235. The first kappa shape index (κ1) is 7.58. The minimum Gasteiger partial charge on any atom is -0.284 e. The van der Waals surface area contributed by atoms with Crippen molar-refractivity contribution in [3.05, 3.63) is 0 Å². The molecule has 0 atom stereocenters. The van der Waals surface area contributed by atoms with Crippen LogP contribution >= 0.6 is 0 Å². The number of hydrogen-bond acceptors (Lipinski definition) is 3. The molecule has 0 aliphatic carbocycles. The van der Waals surface area contributed by atoms with Gasteiger partial charge in [0.1, 0.15) is 0 Å². The van der Waals surface area contributed by atoms with Crippen LogP contribution in [0, 0.1) is 0 Å². The van der Waals surface area contributed by atoms with Crippen molar-refractivity contribution in [2.75, 3.05) is 6.54 Å². The van der Waals surface area contributed by atoms with Crippen LogP contribution in [0.2, 0.25) is 0 Å². The normalized spacial score (nSPS) is 11.1. The molecular formula is C3H7NO3S. The summed E-state index contributed by atoms with van der Waals surface area (Å²) in [6, 6.07) is 0. The highest BCUT2D eigenvalue weighted by molar-refractivity contribution is 8.02. The first-order valence-electron chi connectivity index (χ1n) is 2.07. The molecule has 0 fully saturated rings. The quantitative estimate of drug-likeness (QED) is 0.513. The molecule has 0 saturated carbocycles. The molecule has 4 nitrogen and oxygen atoms in total. The fourth-order valence-corrected chi connectivity index (χ4v) is 0.706. The zero-order valence-corrected chi connectivity index (χ0v) is 5.23. The number of sulfonamides is 1. The van der Waals surface area contributed by atoms with Crippen molar-refractivity contribution in [3.63, 3.8) is 0 Å². The van der Waals surface area contributed by atoms with Gasteiger partial charge in [-0.2, -0.15) is 0 Å². The number of carbonyl (C=O) groups excluding carboxylic acids is 1. The molecular weight excluding hydrogens is 130 g/mol. The molecule has 0 aliphatic heterocycles. The van der Waals surface area contributed by atoms with E-state index in [0.29, 0.717) is 0 Å². The molecule has 8 heavy (non-hydrogen) atoms. The van der Waals surface area contributed by atoms with Crippen LogP contribution in [0.4, 0.5) is 0 Å². The van der Waals surface area contributed by atoms with Crippen molar-refractivity contribution < 1.29 is 13.2 Å². The van der Waals surface area contributed by atoms with Crippen molar-refractivity contribution in [2.24, 2.45) is 0 Å². The van der Waals surface area contributed by atoms with Crippen LogP contribution < -0.4 is 4.72 Å². The Labute approximate surface area is 47.9 Å². The second-order valence-electron chi connectivity index (χ2n) is 1.14. The van der Waals surface area contributed by atoms with E-state index in [4.69, 9.17) is 0 Å². The second-order valence-corrected chi connectivity index (χ2v) is 2.71. The van der Waals surface area contributed by atoms with Crippen LogP contribution in [-0.4, -0.2) is 20.6 Å². The van der Waals surface area contributed by atoms with E-state index in [1.165, 1.54) is 0 Å². The van der Waals surface area contributed by atoms with Gasteiger partial charge in [-0.15, -0.1) is 0 Å². The molecule has 5 heteroatoms. The summed E-state index contributed by atoms with van der Waals surface area (Å²) < 4.78 is 22.2. The molecule has 1 N–H and O–H groups in total. The van der Waals surface area contributed by atoms with Crippen molar-refractivity contribution >= 4 is 15.6 Å². The van der Waals surface area contributed by atoms with E-state index in [0.717, 1.165) is 0 Å². The van der Waals surface area contributed by atoms with Crippen molar-refractivity contribution in [3.8, 4) is 0 Å². The van der Waals surface area contributed by atoms with E-state index >= 15 is 0 Å². The van der Waals surface area contributed by atoms with Gasteiger partial charge in [0.05, 0.1) is 0 Å². The molecule has 0 saturated heterocycles. The molecule has 0 aromatic heterocycles. The third kappa shape index (κ3) is 2.70. The summed E-state index contributed by atoms with van der Waals surface area (Å²) in [4.78, 5) is 9.57. The summed E-state index contributed by atoms with van der Waals surface area (Å²) >= 11 is 0. The van der Waals surface area contributed by atoms with Crippen LogP contribution in [0.25, 0.3) is 0 Å². The number of hydrogen-bond donors (Lipinski definition) is 1. The maximum Gasteiger partial charge on any atom is 0.271 e. The minimum atomic E-state index is -3.60. The van der Waals surface area contributed by atoms with Gasteiger partial charge < -0.3 is 0 Å². The third-order valence-electron chi connectivity index (χ3n) is 0.472. The van der Waals surface area contributed by atoms with E-state index in [-0.39, 0.29) is 12.2 Å². The lowest BCUT2D eigenvalue weighted by molar-refractivity contribution is 0.552. The highest BCUT2D eigenvalue weighted by Gasteiger charge is 2.01. The Morgan fingerprint density at radius 2 is 2.12 bits per heavy atom. The predicted molar refractivity (Wildman–Crippen MR) is 29.3 cm³/mol. The molecule has 0 aromatic rings. The number of carbonyl (C=O) groups is 1. The molecule has 48 valence electrons. The molecule has 0 bridgehead atoms.